The van der Waals surface area contributed by atoms with Gasteiger partial charge in [-0.1, -0.05) is 42.5 Å². The number of carbonyl (C=O) groups excluding carboxylic acids is 2. The summed E-state index contributed by atoms with van der Waals surface area (Å²) >= 11 is 0. The number of likely N-dealkylation sites (tertiary alicyclic amines) is 1. The average molecular weight is 337 g/mol. The van der Waals surface area contributed by atoms with Gasteiger partial charge in [0.25, 0.3) is 0 Å². The zero-order valence-corrected chi connectivity index (χ0v) is 14.2. The van der Waals surface area contributed by atoms with E-state index < -0.39 is 0 Å². The summed E-state index contributed by atoms with van der Waals surface area (Å²) < 4.78 is 0. The van der Waals surface area contributed by atoms with Crippen LogP contribution < -0.4 is 10.6 Å². The molecule has 2 aromatic carbocycles. The van der Waals surface area contributed by atoms with Gasteiger partial charge < -0.3 is 15.5 Å². The van der Waals surface area contributed by atoms with E-state index in [9.17, 15) is 9.59 Å². The largest absolute Gasteiger partial charge is 0.342 e. The van der Waals surface area contributed by atoms with E-state index in [4.69, 9.17) is 0 Å². The average Bonchev–Trinajstić information content (AvgIpc) is 3.17. The van der Waals surface area contributed by atoms with Crippen LogP contribution >= 0.6 is 0 Å². The molecule has 2 aromatic rings. The maximum Gasteiger partial charge on any atom is 0.319 e. The Bertz CT molecular complexity index is 707. The number of carbonyl (C=O) groups is 2. The third kappa shape index (κ3) is 5.08. The van der Waals surface area contributed by atoms with E-state index >= 15 is 0 Å². The van der Waals surface area contributed by atoms with Gasteiger partial charge in [0.15, 0.2) is 0 Å². The van der Waals surface area contributed by atoms with Crippen molar-refractivity contribution in [3.63, 3.8) is 0 Å². The highest BCUT2D eigenvalue weighted by Crippen LogP contribution is 2.13. The molecule has 1 aliphatic rings. The molecule has 0 unspecified atom stereocenters. The van der Waals surface area contributed by atoms with Gasteiger partial charge in [-0.05, 0) is 36.1 Å². The van der Waals surface area contributed by atoms with Gasteiger partial charge in [-0.3, -0.25) is 4.79 Å². The molecule has 2 N–H and O–H groups in total. The molecule has 1 aliphatic heterocycles. The van der Waals surface area contributed by atoms with E-state index in [1.807, 2.05) is 59.5 Å². The molecule has 0 saturated carbocycles. The molecule has 0 aromatic heterocycles. The molecule has 3 rings (SSSR count). The standard InChI is InChI=1S/C20H23N3O2/c24-19(23-12-4-5-13-23)14-16-8-10-18(11-9-16)22-20(25)21-15-17-6-2-1-3-7-17/h1-3,6-11H,4-5,12-15H2,(H2,21,22,25). The van der Waals surface area contributed by atoms with Gasteiger partial charge in [-0.2, -0.15) is 0 Å². The molecule has 1 saturated heterocycles. The first-order chi connectivity index (χ1) is 12.2. The summed E-state index contributed by atoms with van der Waals surface area (Å²) in [4.78, 5) is 26.0. The molecule has 5 heteroatoms. The minimum absolute atomic E-state index is 0.179. The lowest BCUT2D eigenvalue weighted by Gasteiger charge is -2.15. The number of urea groups is 1. The number of hydrogen-bond donors (Lipinski definition) is 2. The monoisotopic (exact) mass is 337 g/mol. The highest BCUT2D eigenvalue weighted by atomic mass is 16.2. The van der Waals surface area contributed by atoms with Crippen LogP contribution in [0.25, 0.3) is 0 Å². The van der Waals surface area contributed by atoms with Crippen LogP contribution in [-0.4, -0.2) is 29.9 Å². The van der Waals surface area contributed by atoms with E-state index in [2.05, 4.69) is 10.6 Å². The molecule has 0 bridgehead atoms. The Balaban J connectivity index is 1.46. The predicted molar refractivity (Wildman–Crippen MR) is 98.3 cm³/mol. The highest BCUT2D eigenvalue weighted by Gasteiger charge is 2.17. The van der Waals surface area contributed by atoms with E-state index in [1.165, 1.54) is 0 Å². The summed E-state index contributed by atoms with van der Waals surface area (Å²) in [6.45, 7) is 2.23. The van der Waals surface area contributed by atoms with Crippen molar-refractivity contribution in [1.29, 1.82) is 0 Å². The van der Waals surface area contributed by atoms with Crippen molar-refractivity contribution in [2.75, 3.05) is 18.4 Å². The lowest BCUT2D eigenvalue weighted by Crippen LogP contribution is -2.29. The Morgan fingerprint density at radius 1 is 0.880 bits per heavy atom. The number of nitrogens with one attached hydrogen (secondary N) is 2. The summed E-state index contributed by atoms with van der Waals surface area (Å²) in [5.74, 6) is 0.179. The summed E-state index contributed by atoms with van der Waals surface area (Å²) in [5, 5.41) is 5.62. The molecule has 130 valence electrons. The van der Waals surface area contributed by atoms with Crippen LogP contribution in [0.2, 0.25) is 0 Å². The second kappa shape index (κ2) is 8.33. The van der Waals surface area contributed by atoms with Gasteiger partial charge in [0, 0.05) is 25.3 Å². The maximum absolute atomic E-state index is 12.1. The molecule has 0 aliphatic carbocycles. The minimum atomic E-state index is -0.246. The molecule has 25 heavy (non-hydrogen) atoms. The number of anilines is 1. The fraction of sp³-hybridized carbons (Fsp3) is 0.300. The number of rotatable bonds is 5. The van der Waals surface area contributed by atoms with Gasteiger partial charge in [0.05, 0.1) is 6.42 Å². The molecule has 1 fully saturated rings. The topological polar surface area (TPSA) is 61.4 Å². The molecule has 3 amide bonds. The van der Waals surface area contributed by atoms with Gasteiger partial charge >= 0.3 is 6.03 Å². The van der Waals surface area contributed by atoms with E-state index in [1.54, 1.807) is 0 Å². The Morgan fingerprint density at radius 3 is 2.24 bits per heavy atom. The van der Waals surface area contributed by atoms with Crippen LogP contribution in [0.4, 0.5) is 10.5 Å². The van der Waals surface area contributed by atoms with Crippen molar-refractivity contribution in [2.45, 2.75) is 25.8 Å². The first kappa shape index (κ1) is 17.0. The highest BCUT2D eigenvalue weighted by molar-refractivity contribution is 5.89. The molecule has 5 nitrogen and oxygen atoms in total. The quantitative estimate of drug-likeness (QED) is 0.880. The van der Waals surface area contributed by atoms with Crippen molar-refractivity contribution >= 4 is 17.6 Å². The summed E-state index contributed by atoms with van der Waals surface area (Å²) in [6, 6.07) is 16.9. The van der Waals surface area contributed by atoms with Gasteiger partial charge in [-0.25, -0.2) is 4.79 Å². The fourth-order valence-corrected chi connectivity index (χ4v) is 2.91. The molecule has 0 atom stereocenters. The molecule has 0 radical (unpaired) electrons. The SMILES string of the molecule is O=C(NCc1ccccc1)Nc1ccc(CC(=O)N2CCCC2)cc1. The first-order valence-corrected chi connectivity index (χ1v) is 8.66. The van der Waals surface area contributed by atoms with Gasteiger partial charge in [-0.15, -0.1) is 0 Å². The van der Waals surface area contributed by atoms with Crippen LogP contribution in [-0.2, 0) is 17.8 Å². The molecular weight excluding hydrogens is 314 g/mol. The van der Waals surface area contributed by atoms with Crippen molar-refractivity contribution in [3.8, 4) is 0 Å². The van der Waals surface area contributed by atoms with Crippen LogP contribution in [0.15, 0.2) is 54.6 Å². The second-order valence-corrected chi connectivity index (χ2v) is 6.25. The van der Waals surface area contributed by atoms with Crippen molar-refractivity contribution in [2.24, 2.45) is 0 Å². The molecule has 0 spiro atoms. The Labute approximate surface area is 148 Å². The van der Waals surface area contributed by atoms with Crippen molar-refractivity contribution < 1.29 is 9.59 Å². The normalized spacial score (nSPS) is 13.5. The van der Waals surface area contributed by atoms with Crippen LogP contribution in [0.1, 0.15) is 24.0 Å². The molecular formula is C20H23N3O2. The van der Waals surface area contributed by atoms with Gasteiger partial charge in [0.2, 0.25) is 5.91 Å². The Kier molecular flexibility index (Phi) is 5.67. The fourth-order valence-electron chi connectivity index (χ4n) is 2.91. The van der Waals surface area contributed by atoms with Crippen LogP contribution in [0.5, 0.6) is 0 Å². The molecule has 1 heterocycles. The van der Waals surface area contributed by atoms with Crippen LogP contribution in [0, 0.1) is 0 Å². The first-order valence-electron chi connectivity index (χ1n) is 8.66. The Hall–Kier alpha value is -2.82. The zero-order valence-electron chi connectivity index (χ0n) is 14.2. The van der Waals surface area contributed by atoms with Gasteiger partial charge in [0.1, 0.15) is 0 Å². The Morgan fingerprint density at radius 2 is 1.56 bits per heavy atom. The zero-order chi connectivity index (χ0) is 17.5. The number of nitrogens with zero attached hydrogens (tertiary/aromatic N) is 1. The third-order valence-electron chi connectivity index (χ3n) is 4.32. The van der Waals surface area contributed by atoms with Crippen molar-refractivity contribution in [3.05, 3.63) is 65.7 Å². The second-order valence-electron chi connectivity index (χ2n) is 6.25. The number of benzene rings is 2. The summed E-state index contributed by atoms with van der Waals surface area (Å²) in [5.41, 5.74) is 2.73. The lowest BCUT2D eigenvalue weighted by molar-refractivity contribution is -0.129. The third-order valence-corrected chi connectivity index (χ3v) is 4.32. The van der Waals surface area contributed by atoms with E-state index in [0.717, 1.165) is 37.1 Å². The summed E-state index contributed by atoms with van der Waals surface area (Å²) in [7, 11) is 0. The lowest BCUT2D eigenvalue weighted by atomic mass is 10.1. The minimum Gasteiger partial charge on any atom is -0.342 e. The maximum atomic E-state index is 12.1. The number of hydrogen-bond acceptors (Lipinski definition) is 2. The van der Waals surface area contributed by atoms with Crippen molar-refractivity contribution in [1.82, 2.24) is 10.2 Å². The van der Waals surface area contributed by atoms with E-state index in [-0.39, 0.29) is 11.9 Å². The number of amides is 3. The van der Waals surface area contributed by atoms with E-state index in [0.29, 0.717) is 18.7 Å². The smallest absolute Gasteiger partial charge is 0.319 e. The summed E-state index contributed by atoms with van der Waals surface area (Å²) in [6.07, 6.45) is 2.62. The van der Waals surface area contributed by atoms with Crippen LogP contribution in [0.3, 0.4) is 0 Å². The predicted octanol–water partition coefficient (Wildman–Crippen LogP) is 3.17.